The molecule has 1 N–H and O–H groups in total. The van der Waals surface area contributed by atoms with Crippen molar-refractivity contribution in [1.82, 2.24) is 5.06 Å². The quantitative estimate of drug-likeness (QED) is 0.536. The van der Waals surface area contributed by atoms with Crippen molar-refractivity contribution in [2.24, 2.45) is 0 Å². The van der Waals surface area contributed by atoms with Gasteiger partial charge in [-0.2, -0.15) is 0 Å². The van der Waals surface area contributed by atoms with E-state index < -0.39 is 11.9 Å². The van der Waals surface area contributed by atoms with Crippen LogP contribution in [0.5, 0.6) is 0 Å². The van der Waals surface area contributed by atoms with Crippen LogP contribution in [0.15, 0.2) is 42.5 Å². The van der Waals surface area contributed by atoms with Gasteiger partial charge in [0.1, 0.15) is 6.04 Å². The summed E-state index contributed by atoms with van der Waals surface area (Å²) in [5, 5.41) is 10.1. The highest BCUT2D eigenvalue weighted by molar-refractivity contribution is 7.12. The number of thiophene rings is 1. The lowest BCUT2D eigenvalue weighted by molar-refractivity contribution is -0.166. The van der Waals surface area contributed by atoms with Crippen molar-refractivity contribution < 1.29 is 10.0 Å². The molecule has 0 aliphatic heterocycles. The molecule has 1 heterocycles. The van der Waals surface area contributed by atoms with Gasteiger partial charge in [0, 0.05) is 18.2 Å². The number of rotatable bonds is 3. The Morgan fingerprint density at radius 3 is 2.67 bits per heavy atom. The van der Waals surface area contributed by atoms with Crippen molar-refractivity contribution in [1.29, 1.82) is 0 Å². The molecule has 0 aliphatic carbocycles. The molecule has 0 saturated heterocycles. The fraction of sp³-hybridized carbons (Fsp3) is 0.235. The molecule has 2 aromatic rings. The van der Waals surface area contributed by atoms with E-state index in [4.69, 9.17) is 0 Å². The van der Waals surface area contributed by atoms with Gasteiger partial charge in [-0.3, -0.25) is 10.0 Å². The van der Waals surface area contributed by atoms with Crippen LogP contribution in [0.25, 0.3) is 0 Å². The molecule has 1 amide bonds. The van der Waals surface area contributed by atoms with Crippen molar-refractivity contribution in [2.75, 3.05) is 0 Å². The van der Waals surface area contributed by atoms with Crippen LogP contribution in [-0.2, 0) is 11.2 Å². The summed E-state index contributed by atoms with van der Waals surface area (Å²) in [6.07, 6.45) is 0.891. The Kier molecular flexibility index (Phi) is 5.15. The minimum absolute atomic E-state index is 0.409. The molecule has 0 radical (unpaired) electrons. The molecule has 4 heteroatoms. The number of nitrogens with zero attached hydrogens (tertiary/aromatic N) is 1. The summed E-state index contributed by atoms with van der Waals surface area (Å²) < 4.78 is 0. The second-order valence-corrected chi connectivity index (χ2v) is 5.91. The van der Waals surface area contributed by atoms with Gasteiger partial charge in [0.15, 0.2) is 0 Å². The van der Waals surface area contributed by atoms with Crippen LogP contribution < -0.4 is 0 Å². The molecule has 0 unspecified atom stereocenters. The van der Waals surface area contributed by atoms with Gasteiger partial charge < -0.3 is 0 Å². The predicted molar refractivity (Wildman–Crippen MR) is 84.2 cm³/mol. The van der Waals surface area contributed by atoms with Crippen LogP contribution >= 0.6 is 11.3 Å². The number of carbonyl (C=O) groups is 1. The van der Waals surface area contributed by atoms with Gasteiger partial charge in [0.25, 0.3) is 0 Å². The van der Waals surface area contributed by atoms with Crippen LogP contribution in [0.2, 0.25) is 0 Å². The molecule has 3 nitrogen and oxygen atoms in total. The Balaban J connectivity index is 2.02. The number of benzene rings is 1. The maximum Gasteiger partial charge on any atom is 0.243 e. The number of amides is 1. The maximum atomic E-state index is 11.0. The molecule has 21 heavy (non-hydrogen) atoms. The van der Waals surface area contributed by atoms with Crippen molar-refractivity contribution in [3.8, 4) is 11.8 Å². The molecule has 0 bridgehead atoms. The van der Waals surface area contributed by atoms with E-state index in [1.165, 1.54) is 17.4 Å². The highest BCUT2D eigenvalue weighted by Crippen LogP contribution is 2.19. The van der Waals surface area contributed by atoms with E-state index >= 15 is 0 Å². The highest BCUT2D eigenvalue weighted by atomic mass is 32.1. The van der Waals surface area contributed by atoms with Gasteiger partial charge in [-0.15, -0.1) is 11.3 Å². The van der Waals surface area contributed by atoms with Crippen molar-refractivity contribution in [2.45, 2.75) is 26.3 Å². The van der Waals surface area contributed by atoms with Crippen LogP contribution in [-0.4, -0.2) is 22.2 Å². The van der Waals surface area contributed by atoms with Crippen molar-refractivity contribution >= 4 is 17.2 Å². The first kappa shape index (κ1) is 15.3. The molecule has 108 valence electrons. The summed E-state index contributed by atoms with van der Waals surface area (Å²) in [7, 11) is 0. The smallest absolute Gasteiger partial charge is 0.243 e. The fourth-order valence-corrected chi connectivity index (χ4v) is 2.75. The number of carbonyl (C=O) groups excluding carboxylic acids is 1. The second-order valence-electron chi connectivity index (χ2n) is 4.74. The second kappa shape index (κ2) is 7.07. The number of hydrogen-bond acceptors (Lipinski definition) is 3. The minimum atomic E-state index is -0.512. The lowest BCUT2D eigenvalue weighted by Gasteiger charge is -2.15. The summed E-state index contributed by atoms with van der Waals surface area (Å²) in [6.45, 7) is 2.99. The van der Waals surface area contributed by atoms with E-state index in [-0.39, 0.29) is 0 Å². The Morgan fingerprint density at radius 1 is 1.29 bits per heavy atom. The Hall–Kier alpha value is -2.09. The molecule has 1 aromatic heterocycles. The monoisotopic (exact) mass is 299 g/mol. The van der Waals surface area contributed by atoms with Crippen LogP contribution in [0.4, 0.5) is 0 Å². The highest BCUT2D eigenvalue weighted by Gasteiger charge is 2.10. The minimum Gasteiger partial charge on any atom is -0.285 e. The van der Waals surface area contributed by atoms with E-state index in [1.54, 1.807) is 18.3 Å². The first-order valence-electron chi connectivity index (χ1n) is 6.69. The topological polar surface area (TPSA) is 40.5 Å². The van der Waals surface area contributed by atoms with Crippen molar-refractivity contribution in [3.05, 3.63) is 57.8 Å². The number of hydrogen-bond donors (Lipinski definition) is 1. The Morgan fingerprint density at radius 2 is 2.00 bits per heavy atom. The molecular weight excluding hydrogens is 282 g/mol. The van der Waals surface area contributed by atoms with Crippen LogP contribution in [0.1, 0.15) is 29.2 Å². The maximum absolute atomic E-state index is 11.0. The van der Waals surface area contributed by atoms with E-state index in [0.29, 0.717) is 5.06 Å². The Labute approximate surface area is 128 Å². The van der Waals surface area contributed by atoms with E-state index in [9.17, 15) is 10.0 Å². The zero-order valence-electron chi connectivity index (χ0n) is 12.0. The summed E-state index contributed by atoms with van der Waals surface area (Å²) >= 11 is 1.63. The first-order valence-corrected chi connectivity index (χ1v) is 7.51. The van der Waals surface area contributed by atoms with E-state index in [0.717, 1.165) is 11.3 Å². The largest absolute Gasteiger partial charge is 0.285 e. The first-order chi connectivity index (χ1) is 10.1. The van der Waals surface area contributed by atoms with Gasteiger partial charge in [-0.05, 0) is 24.6 Å². The number of hydroxylamine groups is 2. The van der Waals surface area contributed by atoms with Gasteiger partial charge in [-0.1, -0.05) is 42.2 Å². The van der Waals surface area contributed by atoms with Gasteiger partial charge >= 0.3 is 0 Å². The third kappa shape index (κ3) is 4.45. The molecule has 0 aliphatic rings. The SMILES string of the molecule is CC(=O)N(O)[C@H](C)C#Cc1ccc(Cc2ccccc2)s1. The molecule has 1 atom stereocenters. The van der Waals surface area contributed by atoms with E-state index in [2.05, 4.69) is 30.0 Å². The lowest BCUT2D eigenvalue weighted by Crippen LogP contribution is -2.32. The normalized spacial score (nSPS) is 11.4. The standard InChI is InChI=1S/C17H17NO2S/c1-13(18(20)14(2)19)8-9-16-10-11-17(21-16)12-15-6-4-3-5-7-15/h3-7,10-11,13,20H,12H2,1-2H3/t13-/m1/s1. The lowest BCUT2D eigenvalue weighted by atomic mass is 10.1. The van der Waals surface area contributed by atoms with Crippen LogP contribution in [0, 0.1) is 11.8 Å². The molecule has 2 rings (SSSR count). The molecule has 0 fully saturated rings. The molecule has 0 spiro atoms. The summed E-state index contributed by atoms with van der Waals surface area (Å²) in [5.74, 6) is 5.46. The average Bonchev–Trinajstić information content (AvgIpc) is 2.92. The van der Waals surface area contributed by atoms with Gasteiger partial charge in [-0.25, -0.2) is 5.06 Å². The fourth-order valence-electron chi connectivity index (χ4n) is 1.85. The summed E-state index contributed by atoms with van der Waals surface area (Å²) in [4.78, 5) is 13.2. The summed E-state index contributed by atoms with van der Waals surface area (Å²) in [5.41, 5.74) is 1.27. The third-order valence-corrected chi connectivity index (χ3v) is 3.98. The molecule has 0 saturated carbocycles. The predicted octanol–water partition coefficient (Wildman–Crippen LogP) is 3.32. The average molecular weight is 299 g/mol. The van der Waals surface area contributed by atoms with E-state index in [1.807, 2.05) is 24.3 Å². The van der Waals surface area contributed by atoms with Crippen LogP contribution in [0.3, 0.4) is 0 Å². The Bertz CT molecular complexity index is 667. The molecular formula is C17H17NO2S. The van der Waals surface area contributed by atoms with Gasteiger partial charge in [0.2, 0.25) is 5.91 Å². The van der Waals surface area contributed by atoms with Gasteiger partial charge in [0.05, 0.1) is 4.88 Å². The molecule has 1 aromatic carbocycles. The van der Waals surface area contributed by atoms with Crippen molar-refractivity contribution in [3.63, 3.8) is 0 Å². The summed E-state index contributed by atoms with van der Waals surface area (Å²) in [6, 6.07) is 13.8. The zero-order chi connectivity index (χ0) is 15.2. The zero-order valence-corrected chi connectivity index (χ0v) is 12.9. The third-order valence-electron chi connectivity index (χ3n) is 2.98.